The van der Waals surface area contributed by atoms with E-state index in [9.17, 15) is 4.79 Å². The standard InChI is InChI=1S/C8H6I2O3/c1-13-5-3-2-4(9)6(7(5)10)8(11)12/h2-3H,1H3,(H,11,12). The van der Waals surface area contributed by atoms with E-state index in [1.54, 1.807) is 12.1 Å². The average molecular weight is 404 g/mol. The largest absolute Gasteiger partial charge is 0.496 e. The Kier molecular flexibility index (Phi) is 3.77. The van der Waals surface area contributed by atoms with Crippen LogP contribution in [0.5, 0.6) is 5.75 Å². The molecule has 0 bridgehead atoms. The number of rotatable bonds is 2. The molecule has 0 aliphatic carbocycles. The Morgan fingerprint density at radius 1 is 1.46 bits per heavy atom. The molecule has 0 heterocycles. The van der Waals surface area contributed by atoms with Crippen molar-refractivity contribution in [3.63, 3.8) is 0 Å². The van der Waals surface area contributed by atoms with Gasteiger partial charge in [0.15, 0.2) is 0 Å². The van der Waals surface area contributed by atoms with Crippen molar-refractivity contribution in [2.24, 2.45) is 0 Å². The molecule has 1 N–H and O–H groups in total. The van der Waals surface area contributed by atoms with Crippen molar-refractivity contribution in [2.75, 3.05) is 7.11 Å². The van der Waals surface area contributed by atoms with Crippen molar-refractivity contribution >= 4 is 51.2 Å². The van der Waals surface area contributed by atoms with Crippen molar-refractivity contribution in [3.8, 4) is 5.75 Å². The van der Waals surface area contributed by atoms with Crippen LogP contribution in [0.15, 0.2) is 12.1 Å². The molecule has 0 saturated carbocycles. The van der Waals surface area contributed by atoms with E-state index in [0.29, 0.717) is 14.9 Å². The summed E-state index contributed by atoms with van der Waals surface area (Å²) in [5.41, 5.74) is 0.306. The van der Waals surface area contributed by atoms with Crippen LogP contribution < -0.4 is 4.74 Å². The van der Waals surface area contributed by atoms with Crippen LogP contribution in [0, 0.1) is 7.14 Å². The summed E-state index contributed by atoms with van der Waals surface area (Å²) >= 11 is 3.96. The first-order valence-corrected chi connectivity index (χ1v) is 5.49. The van der Waals surface area contributed by atoms with Gasteiger partial charge in [-0.3, -0.25) is 0 Å². The maximum absolute atomic E-state index is 10.8. The first-order chi connectivity index (χ1) is 6.07. The Hall–Kier alpha value is -0.0500. The van der Waals surface area contributed by atoms with Gasteiger partial charge in [0.2, 0.25) is 0 Å². The van der Waals surface area contributed by atoms with Gasteiger partial charge in [-0.1, -0.05) is 0 Å². The van der Waals surface area contributed by atoms with E-state index in [0.717, 1.165) is 3.57 Å². The maximum Gasteiger partial charge on any atom is 0.337 e. The molecule has 3 nitrogen and oxygen atoms in total. The van der Waals surface area contributed by atoms with Crippen molar-refractivity contribution in [1.29, 1.82) is 0 Å². The molecule has 13 heavy (non-hydrogen) atoms. The number of hydrogen-bond acceptors (Lipinski definition) is 2. The van der Waals surface area contributed by atoms with Gasteiger partial charge in [0, 0.05) is 3.57 Å². The zero-order chi connectivity index (χ0) is 10.0. The highest BCUT2D eigenvalue weighted by Crippen LogP contribution is 2.27. The van der Waals surface area contributed by atoms with Gasteiger partial charge in [0.25, 0.3) is 0 Å². The molecule has 1 aromatic carbocycles. The predicted molar refractivity (Wildman–Crippen MR) is 65.4 cm³/mol. The van der Waals surface area contributed by atoms with Crippen LogP contribution in [0.1, 0.15) is 10.4 Å². The quantitative estimate of drug-likeness (QED) is 0.772. The number of carbonyl (C=O) groups is 1. The summed E-state index contributed by atoms with van der Waals surface area (Å²) < 4.78 is 6.37. The van der Waals surface area contributed by atoms with Crippen molar-refractivity contribution < 1.29 is 14.6 Å². The van der Waals surface area contributed by atoms with Gasteiger partial charge in [-0.05, 0) is 57.3 Å². The van der Waals surface area contributed by atoms with E-state index >= 15 is 0 Å². The van der Waals surface area contributed by atoms with E-state index < -0.39 is 5.97 Å². The molecular weight excluding hydrogens is 398 g/mol. The topological polar surface area (TPSA) is 46.5 Å². The van der Waals surface area contributed by atoms with Gasteiger partial charge < -0.3 is 9.84 Å². The van der Waals surface area contributed by atoms with E-state index in [2.05, 4.69) is 0 Å². The van der Waals surface area contributed by atoms with Crippen LogP contribution >= 0.6 is 45.2 Å². The molecule has 0 unspecified atom stereocenters. The SMILES string of the molecule is COc1ccc(I)c(C(=O)O)c1I. The normalized spacial score (nSPS) is 9.77. The minimum Gasteiger partial charge on any atom is -0.496 e. The van der Waals surface area contributed by atoms with E-state index in [1.165, 1.54) is 7.11 Å². The van der Waals surface area contributed by atoms with Crippen molar-refractivity contribution in [1.82, 2.24) is 0 Å². The van der Waals surface area contributed by atoms with Gasteiger partial charge in [0.1, 0.15) is 5.75 Å². The highest BCUT2D eigenvalue weighted by atomic mass is 127. The summed E-state index contributed by atoms with van der Waals surface area (Å²) in [5.74, 6) is -0.328. The number of halogens is 2. The molecule has 0 fully saturated rings. The number of hydrogen-bond donors (Lipinski definition) is 1. The third-order valence-corrected chi connectivity index (χ3v) is 3.46. The van der Waals surface area contributed by atoms with Crippen LogP contribution in [0.4, 0.5) is 0 Å². The molecule has 5 heteroatoms. The zero-order valence-corrected chi connectivity index (χ0v) is 11.0. The summed E-state index contributed by atoms with van der Waals surface area (Å²) in [6.07, 6.45) is 0. The van der Waals surface area contributed by atoms with Gasteiger partial charge in [-0.25, -0.2) is 4.79 Å². The summed E-state index contributed by atoms with van der Waals surface area (Å²) in [7, 11) is 1.52. The highest BCUT2D eigenvalue weighted by molar-refractivity contribution is 14.1. The minimum atomic E-state index is -0.923. The van der Waals surface area contributed by atoms with E-state index in [-0.39, 0.29) is 0 Å². The van der Waals surface area contributed by atoms with Crippen LogP contribution in [-0.2, 0) is 0 Å². The predicted octanol–water partition coefficient (Wildman–Crippen LogP) is 2.60. The molecule has 0 aliphatic heterocycles. The fourth-order valence-corrected chi connectivity index (χ4v) is 3.00. The van der Waals surface area contributed by atoms with Crippen LogP contribution in [0.2, 0.25) is 0 Å². The number of aromatic carboxylic acids is 1. The Balaban J connectivity index is 3.38. The number of carboxylic acids is 1. The molecule has 1 rings (SSSR count). The molecule has 0 amide bonds. The fourth-order valence-electron chi connectivity index (χ4n) is 0.887. The number of carboxylic acid groups (broad SMARTS) is 1. The third-order valence-electron chi connectivity index (χ3n) is 1.49. The average Bonchev–Trinajstić information content (AvgIpc) is 2.04. The third kappa shape index (κ3) is 2.25. The van der Waals surface area contributed by atoms with Crippen LogP contribution in [0.3, 0.4) is 0 Å². The lowest BCUT2D eigenvalue weighted by atomic mass is 10.2. The van der Waals surface area contributed by atoms with Crippen LogP contribution in [-0.4, -0.2) is 18.2 Å². The minimum absolute atomic E-state index is 0.306. The first-order valence-electron chi connectivity index (χ1n) is 3.33. The molecule has 70 valence electrons. The molecule has 0 atom stereocenters. The van der Waals surface area contributed by atoms with Crippen LogP contribution in [0.25, 0.3) is 0 Å². The number of methoxy groups -OCH3 is 1. The molecular formula is C8H6I2O3. The summed E-state index contributed by atoms with van der Waals surface area (Å²) in [6, 6.07) is 3.49. The first kappa shape index (κ1) is 11.0. The second-order valence-corrected chi connectivity index (χ2v) is 4.48. The van der Waals surface area contributed by atoms with Gasteiger partial charge >= 0.3 is 5.97 Å². The Morgan fingerprint density at radius 3 is 2.54 bits per heavy atom. The lowest BCUT2D eigenvalue weighted by molar-refractivity contribution is 0.0694. The van der Waals surface area contributed by atoms with E-state index in [1.807, 2.05) is 45.2 Å². The maximum atomic E-state index is 10.8. The molecule has 0 saturated heterocycles. The lowest BCUT2D eigenvalue weighted by Gasteiger charge is -2.07. The molecule has 0 spiro atoms. The highest BCUT2D eigenvalue weighted by Gasteiger charge is 2.15. The Labute approximate surface area is 103 Å². The molecule has 1 aromatic rings. The Morgan fingerprint density at radius 2 is 2.08 bits per heavy atom. The second-order valence-electron chi connectivity index (χ2n) is 2.24. The van der Waals surface area contributed by atoms with Gasteiger partial charge in [-0.2, -0.15) is 0 Å². The zero-order valence-electron chi connectivity index (χ0n) is 6.67. The van der Waals surface area contributed by atoms with Gasteiger partial charge in [0.05, 0.1) is 16.2 Å². The fraction of sp³-hybridized carbons (Fsp3) is 0.125. The van der Waals surface area contributed by atoms with E-state index in [4.69, 9.17) is 9.84 Å². The van der Waals surface area contributed by atoms with Crippen molar-refractivity contribution in [3.05, 3.63) is 24.8 Å². The number of benzene rings is 1. The smallest absolute Gasteiger partial charge is 0.337 e. The Bertz CT molecular complexity index is 349. The lowest BCUT2D eigenvalue weighted by Crippen LogP contribution is -2.04. The number of ether oxygens (including phenoxy) is 1. The summed E-state index contributed by atoms with van der Waals surface area (Å²) in [4.78, 5) is 10.8. The summed E-state index contributed by atoms with van der Waals surface area (Å²) in [6.45, 7) is 0. The molecule has 0 aromatic heterocycles. The summed E-state index contributed by atoms with van der Waals surface area (Å²) in [5, 5.41) is 8.90. The molecule has 0 radical (unpaired) electrons. The molecule has 0 aliphatic rings. The van der Waals surface area contributed by atoms with Gasteiger partial charge in [-0.15, -0.1) is 0 Å². The second kappa shape index (κ2) is 4.45. The monoisotopic (exact) mass is 404 g/mol. The van der Waals surface area contributed by atoms with Crippen molar-refractivity contribution in [2.45, 2.75) is 0 Å².